The molecule has 0 heterocycles. The number of rotatable bonds is 5. The van der Waals surface area contributed by atoms with Gasteiger partial charge < -0.3 is 15.8 Å². The summed E-state index contributed by atoms with van der Waals surface area (Å²) in [6.07, 6.45) is 1.64. The number of nitrogens with zero attached hydrogens (tertiary/aromatic N) is 1. The molecule has 0 spiro atoms. The molecule has 0 saturated heterocycles. The van der Waals surface area contributed by atoms with Crippen LogP contribution in [0.15, 0.2) is 53.5 Å². The van der Waals surface area contributed by atoms with Crippen LogP contribution in [0.5, 0.6) is 0 Å². The van der Waals surface area contributed by atoms with Gasteiger partial charge in [-0.25, -0.2) is 9.38 Å². The van der Waals surface area contributed by atoms with Crippen molar-refractivity contribution in [1.29, 1.82) is 0 Å². The molecule has 0 atom stereocenters. The van der Waals surface area contributed by atoms with Gasteiger partial charge in [-0.2, -0.15) is 0 Å². The van der Waals surface area contributed by atoms with Gasteiger partial charge in [0.2, 0.25) is 0 Å². The average Bonchev–Trinajstić information content (AvgIpc) is 2.54. The summed E-state index contributed by atoms with van der Waals surface area (Å²) < 4.78 is 19.0. The van der Waals surface area contributed by atoms with Crippen molar-refractivity contribution >= 4 is 11.6 Å². The van der Waals surface area contributed by atoms with E-state index in [9.17, 15) is 4.39 Å². The molecule has 0 bridgehead atoms. The van der Waals surface area contributed by atoms with Crippen molar-refractivity contribution < 1.29 is 9.13 Å². The minimum absolute atomic E-state index is 0.135. The van der Waals surface area contributed by atoms with Crippen LogP contribution in [0.3, 0.4) is 0 Å². The summed E-state index contributed by atoms with van der Waals surface area (Å²) in [6, 6.07) is 14.9. The van der Waals surface area contributed by atoms with Crippen molar-refractivity contribution in [1.82, 2.24) is 0 Å². The molecule has 3 rings (SSSR count). The molecule has 0 radical (unpaired) electrons. The Morgan fingerprint density at radius 3 is 2.67 bits per heavy atom. The van der Waals surface area contributed by atoms with Crippen molar-refractivity contribution in [3.8, 4) is 0 Å². The molecule has 1 saturated carbocycles. The first kappa shape index (κ1) is 16.5. The number of hydrogen-bond acceptors (Lipinski definition) is 2. The monoisotopic (exact) mass is 327 g/mol. The second kappa shape index (κ2) is 7.45. The number of halogens is 1. The van der Waals surface area contributed by atoms with E-state index in [4.69, 9.17) is 10.5 Å². The van der Waals surface area contributed by atoms with E-state index < -0.39 is 0 Å². The van der Waals surface area contributed by atoms with E-state index in [1.54, 1.807) is 13.2 Å². The minimum atomic E-state index is -0.135. The van der Waals surface area contributed by atoms with Gasteiger partial charge in [0.05, 0.1) is 12.6 Å². The van der Waals surface area contributed by atoms with Crippen molar-refractivity contribution in [2.45, 2.75) is 31.4 Å². The van der Waals surface area contributed by atoms with E-state index in [1.807, 2.05) is 36.4 Å². The van der Waals surface area contributed by atoms with Crippen LogP contribution in [0.1, 0.15) is 29.9 Å². The number of anilines is 1. The maximum atomic E-state index is 13.8. The maximum Gasteiger partial charge on any atom is 0.193 e. The summed E-state index contributed by atoms with van der Waals surface area (Å²) in [5, 5.41) is 3.13. The Bertz CT molecular complexity index is 726. The highest BCUT2D eigenvalue weighted by molar-refractivity contribution is 5.93. The second-order valence-corrected chi connectivity index (χ2v) is 6.07. The van der Waals surface area contributed by atoms with E-state index in [0.29, 0.717) is 12.6 Å². The maximum absolute atomic E-state index is 13.8. The lowest BCUT2D eigenvalue weighted by Crippen LogP contribution is -2.32. The third-order valence-electron chi connectivity index (χ3n) is 4.36. The summed E-state index contributed by atoms with van der Waals surface area (Å²) in [6.45, 7) is 0.509. The third kappa shape index (κ3) is 3.74. The predicted molar refractivity (Wildman–Crippen MR) is 94.6 cm³/mol. The Kier molecular flexibility index (Phi) is 5.11. The van der Waals surface area contributed by atoms with E-state index in [-0.39, 0.29) is 17.8 Å². The van der Waals surface area contributed by atoms with Crippen molar-refractivity contribution in [2.75, 3.05) is 12.4 Å². The summed E-state index contributed by atoms with van der Waals surface area (Å²) in [5.74, 6) is 0.480. The van der Waals surface area contributed by atoms with Crippen LogP contribution in [0.2, 0.25) is 0 Å². The van der Waals surface area contributed by atoms with Crippen molar-refractivity contribution in [3.63, 3.8) is 0 Å². The Hall–Kier alpha value is -2.40. The first-order valence-corrected chi connectivity index (χ1v) is 8.09. The number of para-hydroxylation sites is 1. The molecule has 5 heteroatoms. The fourth-order valence-electron chi connectivity index (χ4n) is 3.04. The fraction of sp³-hybridized carbons (Fsp3) is 0.316. The van der Waals surface area contributed by atoms with Crippen LogP contribution in [-0.2, 0) is 11.3 Å². The molecule has 126 valence electrons. The normalized spacial score (nSPS) is 20.5. The number of ether oxygens (including phenoxy) is 1. The van der Waals surface area contributed by atoms with E-state index in [0.717, 1.165) is 29.7 Å². The van der Waals surface area contributed by atoms with Gasteiger partial charge in [-0.05, 0) is 36.5 Å². The number of hydrogen-bond donors (Lipinski definition) is 2. The van der Waals surface area contributed by atoms with Gasteiger partial charge in [-0.1, -0.05) is 36.4 Å². The molecule has 1 aliphatic carbocycles. The van der Waals surface area contributed by atoms with Crippen LogP contribution < -0.4 is 11.1 Å². The van der Waals surface area contributed by atoms with Crippen LogP contribution >= 0.6 is 0 Å². The average molecular weight is 327 g/mol. The first-order chi connectivity index (χ1) is 11.7. The Morgan fingerprint density at radius 2 is 1.92 bits per heavy atom. The summed E-state index contributed by atoms with van der Waals surface area (Å²) in [5.41, 5.74) is 8.72. The minimum Gasteiger partial charge on any atom is -0.380 e. The molecule has 2 aromatic rings. The number of methoxy groups -OCH3 is 1. The molecule has 1 aliphatic rings. The summed E-state index contributed by atoms with van der Waals surface area (Å²) >= 11 is 0. The molecule has 2 aromatic carbocycles. The largest absolute Gasteiger partial charge is 0.380 e. The zero-order valence-electron chi connectivity index (χ0n) is 13.7. The van der Waals surface area contributed by atoms with Crippen LogP contribution in [0.4, 0.5) is 10.1 Å². The lowest BCUT2D eigenvalue weighted by Gasteiger charge is -2.33. The number of nitrogens with one attached hydrogen (secondary N) is 1. The molecule has 3 N–H and O–H groups in total. The number of guanidine groups is 1. The highest BCUT2D eigenvalue weighted by atomic mass is 19.1. The molecule has 0 unspecified atom stereocenters. The van der Waals surface area contributed by atoms with Crippen LogP contribution in [0, 0.1) is 5.82 Å². The second-order valence-electron chi connectivity index (χ2n) is 6.07. The quantitative estimate of drug-likeness (QED) is 0.651. The molecule has 24 heavy (non-hydrogen) atoms. The Labute approximate surface area is 141 Å². The van der Waals surface area contributed by atoms with Gasteiger partial charge in [0, 0.05) is 18.4 Å². The zero-order valence-corrected chi connectivity index (χ0v) is 13.7. The molecular weight excluding hydrogens is 305 g/mol. The molecule has 1 fully saturated rings. The third-order valence-corrected chi connectivity index (χ3v) is 4.36. The van der Waals surface area contributed by atoms with Gasteiger partial charge in [0.25, 0.3) is 0 Å². The number of nitrogens with two attached hydrogens (primary N) is 1. The highest BCUT2D eigenvalue weighted by Crippen LogP contribution is 2.39. The SMILES string of the molecule is COCc1ccccc1NC(N)=NC1CC(c2ccccc2F)C1. The van der Waals surface area contributed by atoms with Gasteiger partial charge >= 0.3 is 0 Å². The molecule has 0 amide bonds. The number of aliphatic imine (C=N–C) groups is 1. The van der Waals surface area contributed by atoms with Gasteiger partial charge in [-0.15, -0.1) is 0 Å². The Morgan fingerprint density at radius 1 is 1.21 bits per heavy atom. The predicted octanol–water partition coefficient (Wildman–Crippen LogP) is 3.64. The lowest BCUT2D eigenvalue weighted by molar-refractivity contribution is 0.185. The molecular formula is C19H22FN3O. The molecule has 0 aliphatic heterocycles. The van der Waals surface area contributed by atoms with Gasteiger partial charge in [-0.3, -0.25) is 0 Å². The highest BCUT2D eigenvalue weighted by Gasteiger charge is 2.31. The van der Waals surface area contributed by atoms with Crippen molar-refractivity contribution in [3.05, 3.63) is 65.5 Å². The van der Waals surface area contributed by atoms with E-state index >= 15 is 0 Å². The topological polar surface area (TPSA) is 59.6 Å². The standard InChI is InChI=1S/C19H22FN3O/c1-24-12-13-6-2-5-9-18(13)23-19(21)22-15-10-14(11-15)16-7-3-4-8-17(16)20/h2-9,14-15H,10-12H2,1H3,(H3,21,22,23). The zero-order chi connectivity index (χ0) is 16.9. The smallest absolute Gasteiger partial charge is 0.193 e. The summed E-state index contributed by atoms with van der Waals surface area (Å²) in [7, 11) is 1.66. The van der Waals surface area contributed by atoms with Gasteiger partial charge in [0.1, 0.15) is 5.82 Å². The number of benzene rings is 2. The first-order valence-electron chi connectivity index (χ1n) is 8.09. The lowest BCUT2D eigenvalue weighted by atomic mass is 9.76. The van der Waals surface area contributed by atoms with E-state index in [2.05, 4.69) is 10.3 Å². The fourth-order valence-corrected chi connectivity index (χ4v) is 3.04. The van der Waals surface area contributed by atoms with Crippen molar-refractivity contribution in [2.24, 2.45) is 10.7 Å². The van der Waals surface area contributed by atoms with E-state index in [1.165, 1.54) is 6.07 Å². The van der Waals surface area contributed by atoms with Gasteiger partial charge in [0.15, 0.2) is 5.96 Å². The molecule has 4 nitrogen and oxygen atoms in total. The van der Waals surface area contributed by atoms with Crippen LogP contribution in [0.25, 0.3) is 0 Å². The van der Waals surface area contributed by atoms with Crippen LogP contribution in [-0.4, -0.2) is 19.1 Å². The summed E-state index contributed by atoms with van der Waals surface area (Å²) in [4.78, 5) is 4.50. The molecule has 0 aromatic heterocycles. The Balaban J connectivity index is 1.59.